The van der Waals surface area contributed by atoms with Gasteiger partial charge in [0.1, 0.15) is 5.58 Å². The third-order valence-electron chi connectivity index (χ3n) is 3.87. The van der Waals surface area contributed by atoms with Crippen molar-refractivity contribution >= 4 is 33.6 Å². The summed E-state index contributed by atoms with van der Waals surface area (Å²) >= 11 is 0. The highest BCUT2D eigenvalue weighted by atomic mass is 16.3. The first kappa shape index (κ1) is 13.5. The van der Waals surface area contributed by atoms with E-state index in [1.165, 1.54) is 5.39 Å². The minimum Gasteiger partial charge on any atom is -0.453 e. The number of carbonyl (C=O) groups is 1. The van der Waals surface area contributed by atoms with E-state index in [2.05, 4.69) is 24.3 Å². The second-order valence-corrected chi connectivity index (χ2v) is 5.45. The lowest BCUT2D eigenvalue weighted by Crippen LogP contribution is -1.90. The van der Waals surface area contributed by atoms with Crippen LogP contribution in [-0.2, 0) is 0 Å². The summed E-state index contributed by atoms with van der Waals surface area (Å²) in [5, 5.41) is 3.29. The Balaban J connectivity index is 1.62. The van der Waals surface area contributed by atoms with Crippen molar-refractivity contribution in [3.63, 3.8) is 0 Å². The largest absolute Gasteiger partial charge is 0.453 e. The normalized spacial score (nSPS) is 11.5. The zero-order valence-electron chi connectivity index (χ0n) is 12.4. The second kappa shape index (κ2) is 5.58. The second-order valence-electron chi connectivity index (χ2n) is 5.45. The predicted octanol–water partition coefficient (Wildman–Crippen LogP) is 5.48. The number of allylic oxidation sites excluding steroid dienone is 1. The molecule has 0 fully saturated rings. The van der Waals surface area contributed by atoms with Crippen molar-refractivity contribution in [2.24, 2.45) is 0 Å². The Morgan fingerprint density at radius 3 is 2.35 bits per heavy atom. The molecular weight excluding hydrogens is 284 g/mol. The van der Waals surface area contributed by atoms with Gasteiger partial charge in [-0.15, -0.1) is 0 Å². The molecule has 0 aliphatic carbocycles. The molecule has 23 heavy (non-hydrogen) atoms. The first-order valence-electron chi connectivity index (χ1n) is 7.49. The molecule has 0 N–H and O–H groups in total. The van der Waals surface area contributed by atoms with Gasteiger partial charge in [-0.2, -0.15) is 0 Å². The van der Waals surface area contributed by atoms with Crippen molar-refractivity contribution < 1.29 is 9.21 Å². The molecule has 0 unspecified atom stereocenters. The van der Waals surface area contributed by atoms with E-state index < -0.39 is 0 Å². The van der Waals surface area contributed by atoms with Crippen LogP contribution in [0.15, 0.2) is 83.3 Å². The molecule has 0 aliphatic heterocycles. The van der Waals surface area contributed by atoms with E-state index in [0.717, 1.165) is 21.9 Å². The van der Waals surface area contributed by atoms with Gasteiger partial charge in [0.25, 0.3) is 0 Å². The van der Waals surface area contributed by atoms with Gasteiger partial charge in [-0.05, 0) is 40.6 Å². The number of hydrogen-bond donors (Lipinski definition) is 0. The average molecular weight is 298 g/mol. The summed E-state index contributed by atoms with van der Waals surface area (Å²) < 4.78 is 5.59. The van der Waals surface area contributed by atoms with Crippen LogP contribution in [0.4, 0.5) is 0 Å². The maximum atomic E-state index is 12.3. The molecule has 2 heteroatoms. The molecule has 0 amide bonds. The standard InChI is InChI=1S/C21H14O2/c22-19(21-14-18-7-3-4-8-20(18)23-21)12-10-15-9-11-16-5-1-2-6-17(16)13-15/h1-14H/b12-10+. The fraction of sp³-hybridized carbons (Fsp3) is 0. The minimum absolute atomic E-state index is 0.130. The molecule has 0 aliphatic rings. The number of ketones is 1. The molecule has 0 bridgehead atoms. The van der Waals surface area contributed by atoms with Gasteiger partial charge in [0, 0.05) is 5.39 Å². The number of hydrogen-bond acceptors (Lipinski definition) is 2. The summed E-state index contributed by atoms with van der Waals surface area (Å²) in [5.74, 6) is 0.234. The van der Waals surface area contributed by atoms with Gasteiger partial charge in [-0.3, -0.25) is 4.79 Å². The first-order chi connectivity index (χ1) is 11.3. The van der Waals surface area contributed by atoms with Crippen molar-refractivity contribution in [2.45, 2.75) is 0 Å². The molecule has 4 aromatic rings. The van der Waals surface area contributed by atoms with Crippen LogP contribution in [-0.4, -0.2) is 5.78 Å². The Morgan fingerprint density at radius 2 is 1.52 bits per heavy atom. The van der Waals surface area contributed by atoms with Gasteiger partial charge in [-0.1, -0.05) is 60.7 Å². The topological polar surface area (TPSA) is 30.2 Å². The maximum absolute atomic E-state index is 12.3. The summed E-state index contributed by atoms with van der Waals surface area (Å²) in [5.41, 5.74) is 1.73. The van der Waals surface area contributed by atoms with E-state index >= 15 is 0 Å². The number of para-hydroxylation sites is 1. The van der Waals surface area contributed by atoms with E-state index in [9.17, 15) is 4.79 Å². The molecule has 0 saturated heterocycles. The molecule has 1 aromatic heterocycles. The van der Waals surface area contributed by atoms with Crippen molar-refractivity contribution in [2.75, 3.05) is 0 Å². The first-order valence-corrected chi connectivity index (χ1v) is 7.49. The number of furan rings is 1. The third kappa shape index (κ3) is 2.67. The zero-order valence-corrected chi connectivity index (χ0v) is 12.4. The van der Waals surface area contributed by atoms with Gasteiger partial charge in [0.2, 0.25) is 5.78 Å². The van der Waals surface area contributed by atoms with E-state index in [1.54, 1.807) is 12.1 Å². The van der Waals surface area contributed by atoms with Crippen LogP contribution in [0.3, 0.4) is 0 Å². The van der Waals surface area contributed by atoms with Crippen molar-refractivity contribution in [1.29, 1.82) is 0 Å². The Hall–Kier alpha value is -3.13. The summed E-state index contributed by atoms with van der Waals surface area (Å²) in [6, 6.07) is 23.7. The number of rotatable bonds is 3. The van der Waals surface area contributed by atoms with Crippen LogP contribution in [0.2, 0.25) is 0 Å². The third-order valence-corrected chi connectivity index (χ3v) is 3.87. The van der Waals surface area contributed by atoms with Crippen LogP contribution in [0.5, 0.6) is 0 Å². The number of carbonyl (C=O) groups excluding carboxylic acids is 1. The molecule has 0 saturated carbocycles. The lowest BCUT2D eigenvalue weighted by molar-refractivity contribution is 0.102. The fourth-order valence-electron chi connectivity index (χ4n) is 2.67. The molecule has 110 valence electrons. The lowest BCUT2D eigenvalue weighted by Gasteiger charge is -1.98. The quantitative estimate of drug-likeness (QED) is 0.370. The average Bonchev–Trinajstić information content (AvgIpc) is 3.04. The Bertz CT molecular complexity index is 1000. The van der Waals surface area contributed by atoms with E-state index in [1.807, 2.05) is 48.5 Å². The van der Waals surface area contributed by atoms with Crippen LogP contribution >= 0.6 is 0 Å². The highest BCUT2D eigenvalue weighted by Crippen LogP contribution is 2.20. The maximum Gasteiger partial charge on any atom is 0.221 e. The van der Waals surface area contributed by atoms with Crippen molar-refractivity contribution in [3.05, 3.63) is 90.2 Å². The monoisotopic (exact) mass is 298 g/mol. The zero-order chi connectivity index (χ0) is 15.6. The minimum atomic E-state index is -0.130. The van der Waals surface area contributed by atoms with Gasteiger partial charge in [-0.25, -0.2) is 0 Å². The molecule has 0 spiro atoms. The fourth-order valence-corrected chi connectivity index (χ4v) is 2.67. The predicted molar refractivity (Wildman–Crippen MR) is 93.5 cm³/mol. The number of benzene rings is 3. The Labute approximate surface area is 133 Å². The molecule has 2 nitrogen and oxygen atoms in total. The van der Waals surface area contributed by atoms with E-state index in [4.69, 9.17) is 4.42 Å². The molecule has 1 heterocycles. The van der Waals surface area contributed by atoms with E-state index in [0.29, 0.717) is 5.76 Å². The molecule has 4 rings (SSSR count). The summed E-state index contributed by atoms with van der Waals surface area (Å²) in [6.07, 6.45) is 3.38. The molecule has 0 radical (unpaired) electrons. The van der Waals surface area contributed by atoms with E-state index in [-0.39, 0.29) is 5.78 Å². The lowest BCUT2D eigenvalue weighted by atomic mass is 10.1. The highest BCUT2D eigenvalue weighted by Gasteiger charge is 2.08. The smallest absolute Gasteiger partial charge is 0.221 e. The van der Waals surface area contributed by atoms with Gasteiger partial charge >= 0.3 is 0 Å². The summed E-state index contributed by atoms with van der Waals surface area (Å²) in [7, 11) is 0. The van der Waals surface area contributed by atoms with Crippen molar-refractivity contribution in [1.82, 2.24) is 0 Å². The van der Waals surface area contributed by atoms with Crippen LogP contribution < -0.4 is 0 Å². The molecular formula is C21H14O2. The molecule has 3 aromatic carbocycles. The van der Waals surface area contributed by atoms with Gasteiger partial charge in [0.15, 0.2) is 5.76 Å². The Morgan fingerprint density at radius 1 is 0.783 bits per heavy atom. The SMILES string of the molecule is O=C(/C=C/c1ccc2ccccc2c1)c1cc2ccccc2o1. The van der Waals surface area contributed by atoms with Gasteiger partial charge in [0.05, 0.1) is 0 Å². The Kier molecular flexibility index (Phi) is 3.28. The molecule has 0 atom stereocenters. The van der Waals surface area contributed by atoms with Crippen LogP contribution in [0.1, 0.15) is 16.1 Å². The van der Waals surface area contributed by atoms with Gasteiger partial charge < -0.3 is 4.42 Å². The highest BCUT2D eigenvalue weighted by molar-refractivity contribution is 6.07. The number of fused-ring (bicyclic) bond motifs is 2. The summed E-state index contributed by atoms with van der Waals surface area (Å²) in [4.78, 5) is 12.3. The van der Waals surface area contributed by atoms with Crippen LogP contribution in [0, 0.1) is 0 Å². The summed E-state index contributed by atoms with van der Waals surface area (Å²) in [6.45, 7) is 0. The van der Waals surface area contributed by atoms with Crippen LogP contribution in [0.25, 0.3) is 27.8 Å². The van der Waals surface area contributed by atoms with Crippen molar-refractivity contribution in [3.8, 4) is 0 Å².